The largest absolute Gasteiger partial charge is 0.309 e. The summed E-state index contributed by atoms with van der Waals surface area (Å²) in [4.78, 5) is 0. The van der Waals surface area contributed by atoms with E-state index in [0.29, 0.717) is 0 Å². The van der Waals surface area contributed by atoms with E-state index < -0.39 is 0 Å². The van der Waals surface area contributed by atoms with Crippen molar-refractivity contribution in [2.45, 2.75) is 27.7 Å². The standard InChI is InChI=1S/C20H17N.C14H12S/c1-14-8-10-19-17(12-14)18-13-15(2)9-11-20(18)21(19)16-6-4-3-5-7-16;1-9-3-5-13-11(7-9)12-8-10(2)4-6-14(12)15-13/h3-13H,1-2H3;3-8H,1-2H3. The van der Waals surface area contributed by atoms with E-state index in [4.69, 9.17) is 0 Å². The molecular weight excluding hydrogens is 454 g/mol. The maximum atomic E-state index is 2.35. The molecule has 5 aromatic carbocycles. The van der Waals surface area contributed by atoms with Gasteiger partial charge in [0.1, 0.15) is 0 Å². The van der Waals surface area contributed by atoms with Gasteiger partial charge in [-0.15, -0.1) is 11.3 Å². The first-order valence-corrected chi connectivity index (χ1v) is 13.3. The molecule has 2 heteroatoms. The summed E-state index contributed by atoms with van der Waals surface area (Å²) in [5, 5.41) is 5.47. The van der Waals surface area contributed by atoms with E-state index in [9.17, 15) is 0 Å². The van der Waals surface area contributed by atoms with Crippen LogP contribution in [-0.4, -0.2) is 4.57 Å². The van der Waals surface area contributed by atoms with Gasteiger partial charge in [0.05, 0.1) is 11.0 Å². The second-order valence-corrected chi connectivity index (χ2v) is 10.9. The summed E-state index contributed by atoms with van der Waals surface area (Å²) in [6.45, 7) is 8.61. The first kappa shape index (κ1) is 22.6. The first-order chi connectivity index (χ1) is 17.5. The van der Waals surface area contributed by atoms with Gasteiger partial charge in [0, 0.05) is 36.6 Å². The van der Waals surface area contributed by atoms with Gasteiger partial charge < -0.3 is 4.57 Å². The van der Waals surface area contributed by atoms with Crippen molar-refractivity contribution in [3.63, 3.8) is 0 Å². The molecule has 36 heavy (non-hydrogen) atoms. The molecule has 2 aromatic heterocycles. The Hall–Kier alpha value is -3.88. The molecule has 0 saturated heterocycles. The zero-order valence-electron chi connectivity index (χ0n) is 21.2. The SMILES string of the molecule is Cc1ccc2c(c1)c1cc(C)ccc1n2-c1ccccc1.Cc1ccc2sc3ccc(C)cc3c2c1. The number of para-hydroxylation sites is 1. The summed E-state index contributed by atoms with van der Waals surface area (Å²) < 4.78 is 5.13. The minimum absolute atomic E-state index is 1.21. The molecule has 0 radical (unpaired) electrons. The molecule has 176 valence electrons. The van der Waals surface area contributed by atoms with Crippen LogP contribution in [-0.2, 0) is 0 Å². The van der Waals surface area contributed by atoms with Crippen LogP contribution in [0.15, 0.2) is 103 Å². The second-order valence-electron chi connectivity index (χ2n) is 9.81. The second kappa shape index (κ2) is 8.96. The summed E-state index contributed by atoms with van der Waals surface area (Å²) in [6.07, 6.45) is 0. The third-order valence-corrected chi connectivity index (χ3v) is 8.02. The van der Waals surface area contributed by atoms with E-state index in [2.05, 4.69) is 135 Å². The normalized spacial score (nSPS) is 11.3. The number of thiophene rings is 1. The Morgan fingerprint density at radius 1 is 0.444 bits per heavy atom. The highest BCUT2D eigenvalue weighted by Crippen LogP contribution is 2.35. The maximum Gasteiger partial charge on any atom is 0.0541 e. The molecular formula is C34H29NS. The summed E-state index contributed by atoms with van der Waals surface area (Å²) in [5.41, 5.74) is 9.03. The number of rotatable bonds is 1. The molecule has 0 aliphatic heterocycles. The van der Waals surface area contributed by atoms with E-state index in [1.54, 1.807) is 0 Å². The van der Waals surface area contributed by atoms with Gasteiger partial charge in [-0.05, 0) is 88.4 Å². The third-order valence-electron chi connectivity index (χ3n) is 6.87. The number of hydrogen-bond donors (Lipinski definition) is 0. The summed E-state index contributed by atoms with van der Waals surface area (Å²) >= 11 is 1.88. The average molecular weight is 484 g/mol. The number of aromatic nitrogens is 1. The van der Waals surface area contributed by atoms with Crippen molar-refractivity contribution in [1.82, 2.24) is 4.57 Å². The predicted molar refractivity (Wildman–Crippen MR) is 159 cm³/mol. The molecule has 0 aliphatic rings. The van der Waals surface area contributed by atoms with Crippen LogP contribution in [0.3, 0.4) is 0 Å². The minimum atomic E-state index is 1.21. The zero-order chi connectivity index (χ0) is 24.8. The highest BCUT2D eigenvalue weighted by atomic mass is 32.1. The van der Waals surface area contributed by atoms with Crippen LogP contribution in [0.1, 0.15) is 22.3 Å². The number of nitrogens with zero attached hydrogens (tertiary/aromatic N) is 1. The average Bonchev–Trinajstić information content (AvgIpc) is 3.39. The fourth-order valence-corrected chi connectivity index (χ4v) is 6.18. The molecule has 0 aliphatic carbocycles. The number of hydrogen-bond acceptors (Lipinski definition) is 1. The topological polar surface area (TPSA) is 4.93 Å². The number of fused-ring (bicyclic) bond motifs is 6. The van der Waals surface area contributed by atoms with Gasteiger partial charge in [0.2, 0.25) is 0 Å². The molecule has 0 spiro atoms. The fraction of sp³-hybridized carbons (Fsp3) is 0.118. The van der Waals surface area contributed by atoms with E-state index in [1.807, 2.05) is 11.3 Å². The van der Waals surface area contributed by atoms with Gasteiger partial charge in [-0.25, -0.2) is 0 Å². The van der Waals surface area contributed by atoms with Crippen LogP contribution in [0.5, 0.6) is 0 Å². The molecule has 0 N–H and O–H groups in total. The molecule has 1 nitrogen and oxygen atoms in total. The van der Waals surface area contributed by atoms with Crippen LogP contribution in [0.2, 0.25) is 0 Å². The van der Waals surface area contributed by atoms with Gasteiger partial charge >= 0.3 is 0 Å². The predicted octanol–water partition coefficient (Wildman–Crippen LogP) is 10.1. The first-order valence-electron chi connectivity index (χ1n) is 12.4. The van der Waals surface area contributed by atoms with E-state index in [-0.39, 0.29) is 0 Å². The zero-order valence-corrected chi connectivity index (χ0v) is 22.0. The lowest BCUT2D eigenvalue weighted by atomic mass is 10.1. The Morgan fingerprint density at radius 3 is 1.33 bits per heavy atom. The highest BCUT2D eigenvalue weighted by Gasteiger charge is 2.12. The summed E-state index contributed by atoms with van der Waals surface area (Å²) in [7, 11) is 0. The maximum absolute atomic E-state index is 2.35. The molecule has 0 bridgehead atoms. The van der Waals surface area contributed by atoms with Gasteiger partial charge in [0.15, 0.2) is 0 Å². The Morgan fingerprint density at radius 2 is 0.861 bits per heavy atom. The van der Waals surface area contributed by atoms with E-state index >= 15 is 0 Å². The van der Waals surface area contributed by atoms with Crippen LogP contribution in [0.4, 0.5) is 0 Å². The lowest BCUT2D eigenvalue weighted by molar-refractivity contribution is 1.18. The van der Waals surface area contributed by atoms with Crippen LogP contribution >= 0.6 is 11.3 Å². The number of aryl methyl sites for hydroxylation is 4. The van der Waals surface area contributed by atoms with Crippen molar-refractivity contribution in [2.75, 3.05) is 0 Å². The molecule has 0 unspecified atom stereocenters. The van der Waals surface area contributed by atoms with Gasteiger partial charge in [-0.2, -0.15) is 0 Å². The smallest absolute Gasteiger partial charge is 0.0541 e. The fourth-order valence-electron chi connectivity index (χ4n) is 5.11. The van der Waals surface area contributed by atoms with Crippen molar-refractivity contribution in [3.8, 4) is 5.69 Å². The van der Waals surface area contributed by atoms with Crippen LogP contribution in [0.25, 0.3) is 47.7 Å². The lowest BCUT2D eigenvalue weighted by Crippen LogP contribution is -1.92. The Kier molecular flexibility index (Phi) is 5.62. The van der Waals surface area contributed by atoms with Gasteiger partial charge in [-0.1, -0.05) is 64.7 Å². The van der Waals surface area contributed by atoms with Crippen LogP contribution in [0, 0.1) is 27.7 Å². The Balaban J connectivity index is 0.000000141. The molecule has 7 rings (SSSR count). The summed E-state index contributed by atoms with van der Waals surface area (Å²) in [6, 6.07) is 37.4. The van der Waals surface area contributed by atoms with Crippen molar-refractivity contribution in [1.29, 1.82) is 0 Å². The lowest BCUT2D eigenvalue weighted by Gasteiger charge is -2.07. The Bertz CT molecular complexity index is 1750. The molecule has 7 aromatic rings. The van der Waals surface area contributed by atoms with Crippen molar-refractivity contribution < 1.29 is 0 Å². The monoisotopic (exact) mass is 483 g/mol. The van der Waals surface area contributed by atoms with Gasteiger partial charge in [0.25, 0.3) is 0 Å². The minimum Gasteiger partial charge on any atom is -0.309 e. The van der Waals surface area contributed by atoms with Crippen LogP contribution < -0.4 is 0 Å². The third kappa shape index (κ3) is 3.98. The number of benzene rings is 5. The van der Waals surface area contributed by atoms with Crippen molar-refractivity contribution in [3.05, 3.63) is 125 Å². The van der Waals surface area contributed by atoms with E-state index in [0.717, 1.165) is 0 Å². The molecule has 0 amide bonds. The molecule has 2 heterocycles. The summed E-state index contributed by atoms with van der Waals surface area (Å²) in [5.74, 6) is 0. The quantitative estimate of drug-likeness (QED) is 0.219. The van der Waals surface area contributed by atoms with Crippen molar-refractivity contribution in [2.24, 2.45) is 0 Å². The van der Waals surface area contributed by atoms with E-state index in [1.165, 1.54) is 69.9 Å². The molecule has 0 atom stereocenters. The van der Waals surface area contributed by atoms with Crippen molar-refractivity contribution >= 4 is 53.3 Å². The molecule has 0 fully saturated rings. The Labute approximate surface area is 216 Å². The molecule has 0 saturated carbocycles. The van der Waals surface area contributed by atoms with Gasteiger partial charge in [-0.3, -0.25) is 0 Å². The highest BCUT2D eigenvalue weighted by molar-refractivity contribution is 7.25.